The largest absolute Gasteiger partial charge is 0.478 e. The van der Waals surface area contributed by atoms with E-state index >= 15 is 0 Å². The molecule has 0 saturated heterocycles. The van der Waals surface area contributed by atoms with Gasteiger partial charge in [0.15, 0.2) is 0 Å². The van der Waals surface area contributed by atoms with E-state index in [1.54, 1.807) is 5.38 Å². The van der Waals surface area contributed by atoms with Crippen LogP contribution in [0.1, 0.15) is 26.4 Å². The number of amides is 1. The highest BCUT2D eigenvalue weighted by Gasteiger charge is 2.19. The van der Waals surface area contributed by atoms with Crippen molar-refractivity contribution >= 4 is 39.1 Å². The smallest absolute Gasteiger partial charge is 0.338 e. The normalized spacial score (nSPS) is 10.7. The summed E-state index contributed by atoms with van der Waals surface area (Å²) in [5.41, 5.74) is 2.27. The molecule has 2 aromatic heterocycles. The highest BCUT2D eigenvalue weighted by atomic mass is 32.1. The Morgan fingerprint density at radius 3 is 2.76 bits per heavy atom. The van der Waals surface area contributed by atoms with Crippen LogP contribution in [0.25, 0.3) is 10.9 Å². The van der Waals surface area contributed by atoms with Gasteiger partial charge in [0.05, 0.1) is 11.1 Å². The zero-order valence-electron chi connectivity index (χ0n) is 11.1. The first-order valence-electron chi connectivity index (χ1n) is 6.27. The molecule has 0 aliphatic heterocycles. The van der Waals surface area contributed by atoms with Crippen LogP contribution < -0.4 is 5.32 Å². The molecule has 106 valence electrons. The van der Waals surface area contributed by atoms with Gasteiger partial charge in [-0.3, -0.25) is 4.79 Å². The van der Waals surface area contributed by atoms with Gasteiger partial charge in [0.25, 0.3) is 5.91 Å². The average Bonchev–Trinajstić information content (AvgIpc) is 3.01. The van der Waals surface area contributed by atoms with Crippen molar-refractivity contribution in [3.05, 3.63) is 52.5 Å². The molecule has 0 spiro atoms. The fraction of sp³-hybridized carbons (Fsp3) is 0.0667. The summed E-state index contributed by atoms with van der Waals surface area (Å²) in [5.74, 6) is -1.36. The topological polar surface area (TPSA) is 82.2 Å². The third-order valence-corrected chi connectivity index (χ3v) is 4.07. The molecule has 0 fully saturated rings. The maximum absolute atomic E-state index is 12.5. The predicted octanol–water partition coefficient (Wildman–Crippen LogP) is 3.49. The molecule has 1 amide bonds. The molecule has 2 heterocycles. The second-order valence-electron chi connectivity index (χ2n) is 4.59. The van der Waals surface area contributed by atoms with Gasteiger partial charge in [-0.15, -0.1) is 11.3 Å². The van der Waals surface area contributed by atoms with Gasteiger partial charge in [-0.05, 0) is 24.4 Å². The third-order valence-electron chi connectivity index (χ3n) is 3.24. The van der Waals surface area contributed by atoms with Gasteiger partial charge in [0, 0.05) is 16.6 Å². The Balaban J connectivity index is 1.99. The van der Waals surface area contributed by atoms with Crippen LogP contribution in [0.3, 0.4) is 0 Å². The summed E-state index contributed by atoms with van der Waals surface area (Å²) in [6.45, 7) is 1.82. The van der Waals surface area contributed by atoms with Gasteiger partial charge in [0.1, 0.15) is 5.00 Å². The van der Waals surface area contributed by atoms with Crippen LogP contribution >= 0.6 is 11.3 Å². The number of aromatic amines is 1. The number of carboxylic acid groups (broad SMARTS) is 1. The number of aromatic nitrogens is 1. The molecule has 0 radical (unpaired) electrons. The Bertz CT molecular complexity index is 848. The van der Waals surface area contributed by atoms with Crippen LogP contribution in [-0.4, -0.2) is 22.0 Å². The highest BCUT2D eigenvalue weighted by molar-refractivity contribution is 7.14. The number of benzene rings is 1. The molecule has 0 aliphatic carbocycles. The lowest BCUT2D eigenvalue weighted by molar-refractivity contribution is 0.0698. The van der Waals surface area contributed by atoms with Crippen molar-refractivity contribution in [1.29, 1.82) is 0 Å². The summed E-state index contributed by atoms with van der Waals surface area (Å²) in [6, 6.07) is 8.99. The maximum Gasteiger partial charge on any atom is 0.338 e. The number of carbonyl (C=O) groups is 2. The van der Waals surface area contributed by atoms with E-state index in [9.17, 15) is 9.59 Å². The van der Waals surface area contributed by atoms with Crippen molar-refractivity contribution in [3.63, 3.8) is 0 Å². The van der Waals surface area contributed by atoms with E-state index in [1.165, 1.54) is 17.4 Å². The minimum Gasteiger partial charge on any atom is -0.478 e. The zero-order chi connectivity index (χ0) is 15.0. The number of hydrogen-bond donors (Lipinski definition) is 3. The Morgan fingerprint density at radius 2 is 2.00 bits per heavy atom. The Morgan fingerprint density at radius 1 is 1.24 bits per heavy atom. The molecule has 0 unspecified atom stereocenters. The van der Waals surface area contributed by atoms with Crippen molar-refractivity contribution in [2.24, 2.45) is 0 Å². The van der Waals surface area contributed by atoms with E-state index < -0.39 is 5.97 Å². The fourth-order valence-electron chi connectivity index (χ4n) is 2.31. The van der Waals surface area contributed by atoms with Gasteiger partial charge in [-0.1, -0.05) is 18.2 Å². The first-order valence-corrected chi connectivity index (χ1v) is 7.15. The molecule has 0 atom stereocenters. The van der Waals surface area contributed by atoms with E-state index in [0.29, 0.717) is 10.6 Å². The van der Waals surface area contributed by atoms with E-state index in [4.69, 9.17) is 5.11 Å². The summed E-state index contributed by atoms with van der Waals surface area (Å²) < 4.78 is 0. The number of H-pyrrole nitrogens is 1. The number of nitrogens with one attached hydrogen (secondary N) is 2. The molecular formula is C15H12N2O3S. The molecule has 1 aromatic carbocycles. The number of aromatic carboxylic acids is 1. The quantitative estimate of drug-likeness (QED) is 0.692. The molecule has 0 saturated carbocycles. The number of rotatable bonds is 3. The fourth-order valence-corrected chi connectivity index (χ4v) is 3.08. The molecule has 3 N–H and O–H groups in total. The number of carboxylic acids is 1. The summed E-state index contributed by atoms with van der Waals surface area (Å²) >= 11 is 1.19. The molecule has 3 aromatic rings. The van der Waals surface area contributed by atoms with E-state index in [1.807, 2.05) is 31.2 Å². The number of aryl methyl sites for hydroxylation is 1. The van der Waals surface area contributed by atoms with Gasteiger partial charge in [-0.2, -0.15) is 0 Å². The summed E-state index contributed by atoms with van der Waals surface area (Å²) in [5, 5.41) is 14.6. The van der Waals surface area contributed by atoms with Crippen LogP contribution in [0.15, 0.2) is 35.7 Å². The number of hydrogen-bond acceptors (Lipinski definition) is 3. The van der Waals surface area contributed by atoms with Crippen LogP contribution in [0, 0.1) is 6.92 Å². The molecule has 5 nitrogen and oxygen atoms in total. The number of fused-ring (bicyclic) bond motifs is 1. The van der Waals surface area contributed by atoms with Crippen molar-refractivity contribution in [2.75, 3.05) is 5.32 Å². The second-order valence-corrected chi connectivity index (χ2v) is 5.51. The van der Waals surface area contributed by atoms with Crippen LogP contribution in [-0.2, 0) is 0 Å². The van der Waals surface area contributed by atoms with Crippen LogP contribution in [0.4, 0.5) is 5.00 Å². The average molecular weight is 300 g/mol. The van der Waals surface area contributed by atoms with Crippen molar-refractivity contribution < 1.29 is 14.7 Å². The summed E-state index contributed by atoms with van der Waals surface area (Å²) in [7, 11) is 0. The minimum atomic E-state index is -1.05. The predicted molar refractivity (Wildman–Crippen MR) is 82.3 cm³/mol. The number of anilines is 1. The lowest BCUT2D eigenvalue weighted by atomic mass is 10.1. The van der Waals surface area contributed by atoms with Crippen molar-refractivity contribution in [2.45, 2.75) is 6.92 Å². The minimum absolute atomic E-state index is 0.103. The third kappa shape index (κ3) is 2.30. The molecular weight excluding hydrogens is 288 g/mol. The van der Waals surface area contributed by atoms with Crippen molar-refractivity contribution in [3.8, 4) is 0 Å². The molecule has 0 bridgehead atoms. The molecule has 0 aliphatic rings. The first-order chi connectivity index (χ1) is 10.1. The van der Waals surface area contributed by atoms with E-state index in [2.05, 4.69) is 10.3 Å². The Hall–Kier alpha value is -2.60. The summed E-state index contributed by atoms with van der Waals surface area (Å²) in [4.78, 5) is 26.7. The van der Waals surface area contributed by atoms with Gasteiger partial charge < -0.3 is 15.4 Å². The second kappa shape index (κ2) is 5.06. The maximum atomic E-state index is 12.5. The molecule has 6 heteroatoms. The summed E-state index contributed by atoms with van der Waals surface area (Å²) in [6.07, 6.45) is 0. The molecule has 3 rings (SSSR count). The Kier molecular flexibility index (Phi) is 3.23. The van der Waals surface area contributed by atoms with Crippen molar-refractivity contribution in [1.82, 2.24) is 4.98 Å². The van der Waals surface area contributed by atoms with E-state index in [0.717, 1.165) is 16.6 Å². The van der Waals surface area contributed by atoms with Crippen LogP contribution in [0.5, 0.6) is 0 Å². The van der Waals surface area contributed by atoms with E-state index in [-0.39, 0.29) is 11.5 Å². The highest BCUT2D eigenvalue weighted by Crippen LogP contribution is 2.27. The Labute approximate surface area is 124 Å². The van der Waals surface area contributed by atoms with Gasteiger partial charge in [-0.25, -0.2) is 4.79 Å². The zero-order valence-corrected chi connectivity index (χ0v) is 12.0. The number of para-hydroxylation sites is 1. The SMILES string of the molecule is Cc1[nH]c2ccccc2c1C(=O)Nc1sccc1C(=O)O. The number of thiophene rings is 1. The van der Waals surface area contributed by atoms with Gasteiger partial charge >= 0.3 is 5.97 Å². The lowest BCUT2D eigenvalue weighted by Gasteiger charge is -2.04. The van der Waals surface area contributed by atoms with Crippen LogP contribution in [0.2, 0.25) is 0 Å². The first kappa shape index (κ1) is 13.4. The van der Waals surface area contributed by atoms with Gasteiger partial charge in [0.2, 0.25) is 0 Å². The number of carbonyl (C=O) groups excluding carboxylic acids is 1. The molecule has 21 heavy (non-hydrogen) atoms. The lowest BCUT2D eigenvalue weighted by Crippen LogP contribution is -2.13. The standard InChI is InChI=1S/C15H12N2O3S/c1-8-12(9-4-2-3-5-11(9)16-8)13(18)17-14-10(15(19)20)6-7-21-14/h2-7,16H,1H3,(H,17,18)(H,19,20). The monoisotopic (exact) mass is 300 g/mol.